The van der Waals surface area contributed by atoms with Gasteiger partial charge in [-0.15, -0.1) is 0 Å². The second kappa shape index (κ2) is 5.40. The monoisotopic (exact) mass is 242 g/mol. The molecule has 0 aliphatic heterocycles. The lowest BCUT2D eigenvalue weighted by atomic mass is 9.97. The number of benzene rings is 1. The minimum Gasteiger partial charge on any atom is -0.396 e. The van der Waals surface area contributed by atoms with Crippen molar-refractivity contribution in [3.63, 3.8) is 0 Å². The summed E-state index contributed by atoms with van der Waals surface area (Å²) in [5.41, 5.74) is 1.34. The Kier molecular flexibility index (Phi) is 4.46. The zero-order valence-electron chi connectivity index (χ0n) is 7.83. The molecule has 0 amide bonds. The van der Waals surface area contributed by atoms with Gasteiger partial charge in [-0.25, -0.2) is 0 Å². The molecule has 0 radical (unpaired) electrons. The van der Waals surface area contributed by atoms with Crippen LogP contribution in [0, 0.1) is 0 Å². The van der Waals surface area contributed by atoms with Crippen LogP contribution in [0.1, 0.15) is 31.2 Å². The first-order valence-electron chi connectivity index (χ1n) is 4.60. The van der Waals surface area contributed by atoms with Gasteiger partial charge >= 0.3 is 0 Å². The van der Waals surface area contributed by atoms with E-state index >= 15 is 0 Å². The highest BCUT2D eigenvalue weighted by molar-refractivity contribution is 9.10. The van der Waals surface area contributed by atoms with Gasteiger partial charge in [0.2, 0.25) is 0 Å². The number of aliphatic hydroxyl groups excluding tert-OH is 1. The van der Waals surface area contributed by atoms with Gasteiger partial charge in [0.1, 0.15) is 0 Å². The van der Waals surface area contributed by atoms with Crippen LogP contribution in [-0.4, -0.2) is 11.7 Å². The second-order valence-electron chi connectivity index (χ2n) is 3.32. The van der Waals surface area contributed by atoms with Crippen molar-refractivity contribution in [3.8, 4) is 0 Å². The molecule has 0 aromatic heterocycles. The van der Waals surface area contributed by atoms with E-state index in [9.17, 15) is 0 Å². The summed E-state index contributed by atoms with van der Waals surface area (Å²) in [5, 5.41) is 8.70. The first-order chi connectivity index (χ1) is 6.24. The van der Waals surface area contributed by atoms with Crippen molar-refractivity contribution in [2.75, 3.05) is 6.61 Å². The molecule has 0 saturated heterocycles. The highest BCUT2D eigenvalue weighted by Gasteiger charge is 2.03. The zero-order valence-corrected chi connectivity index (χ0v) is 9.42. The number of rotatable bonds is 4. The molecule has 0 bridgehead atoms. The predicted octanol–water partition coefficient (Wildman–Crippen LogP) is 3.33. The van der Waals surface area contributed by atoms with E-state index in [1.165, 1.54) is 5.56 Å². The van der Waals surface area contributed by atoms with Crippen LogP contribution in [-0.2, 0) is 0 Å². The van der Waals surface area contributed by atoms with Crippen LogP contribution in [0.2, 0.25) is 0 Å². The van der Waals surface area contributed by atoms with Crippen LogP contribution in [0.15, 0.2) is 28.7 Å². The van der Waals surface area contributed by atoms with Gasteiger partial charge in [-0.1, -0.05) is 35.0 Å². The van der Waals surface area contributed by atoms with Crippen molar-refractivity contribution in [3.05, 3.63) is 34.3 Å². The number of halogens is 1. The van der Waals surface area contributed by atoms with Crippen LogP contribution >= 0.6 is 15.9 Å². The summed E-state index contributed by atoms with van der Waals surface area (Å²) in [7, 11) is 0. The van der Waals surface area contributed by atoms with E-state index in [-0.39, 0.29) is 0 Å². The molecule has 72 valence electrons. The lowest BCUT2D eigenvalue weighted by molar-refractivity contribution is 0.281. The third kappa shape index (κ3) is 3.49. The van der Waals surface area contributed by atoms with Gasteiger partial charge in [-0.3, -0.25) is 0 Å². The van der Waals surface area contributed by atoms with E-state index in [4.69, 9.17) is 5.11 Å². The number of hydrogen-bond acceptors (Lipinski definition) is 1. The zero-order chi connectivity index (χ0) is 9.68. The molecule has 1 aromatic rings. The highest BCUT2D eigenvalue weighted by atomic mass is 79.9. The molecule has 0 heterocycles. The average Bonchev–Trinajstić information content (AvgIpc) is 2.15. The molecule has 0 spiro atoms. The summed E-state index contributed by atoms with van der Waals surface area (Å²) in [6.45, 7) is 2.49. The maximum Gasteiger partial charge on any atom is 0.0431 e. The summed E-state index contributed by atoms with van der Waals surface area (Å²) in [4.78, 5) is 0. The van der Waals surface area contributed by atoms with Gasteiger partial charge in [0, 0.05) is 11.1 Å². The fourth-order valence-electron chi connectivity index (χ4n) is 1.36. The Bertz CT molecular complexity index is 243. The Morgan fingerprint density at radius 2 is 1.92 bits per heavy atom. The van der Waals surface area contributed by atoms with Crippen molar-refractivity contribution in [2.24, 2.45) is 0 Å². The molecule has 1 nitrogen and oxygen atoms in total. The summed E-state index contributed by atoms with van der Waals surface area (Å²) in [6, 6.07) is 8.38. The minimum atomic E-state index is 0.293. The smallest absolute Gasteiger partial charge is 0.0431 e. The van der Waals surface area contributed by atoms with E-state index in [1.54, 1.807) is 0 Å². The molecule has 0 saturated carbocycles. The molecule has 1 rings (SSSR count). The lowest BCUT2D eigenvalue weighted by Gasteiger charge is -2.10. The predicted molar refractivity (Wildman–Crippen MR) is 58.9 cm³/mol. The van der Waals surface area contributed by atoms with Gasteiger partial charge < -0.3 is 5.11 Å². The topological polar surface area (TPSA) is 20.2 Å². The quantitative estimate of drug-likeness (QED) is 0.859. The van der Waals surface area contributed by atoms with Crippen molar-refractivity contribution in [2.45, 2.75) is 25.7 Å². The minimum absolute atomic E-state index is 0.293. The molecule has 1 atom stereocenters. The third-order valence-corrected chi connectivity index (χ3v) is 2.76. The van der Waals surface area contributed by atoms with E-state index in [1.807, 2.05) is 0 Å². The molecule has 0 aliphatic rings. The molecular weight excluding hydrogens is 228 g/mol. The molecule has 0 unspecified atom stereocenters. The normalized spacial score (nSPS) is 12.8. The van der Waals surface area contributed by atoms with Crippen LogP contribution in [0.25, 0.3) is 0 Å². The van der Waals surface area contributed by atoms with Gasteiger partial charge in [0.05, 0.1) is 0 Å². The molecule has 13 heavy (non-hydrogen) atoms. The van der Waals surface area contributed by atoms with Gasteiger partial charge in [-0.2, -0.15) is 0 Å². The fraction of sp³-hybridized carbons (Fsp3) is 0.455. The maximum atomic E-state index is 8.70. The molecule has 0 fully saturated rings. The van der Waals surface area contributed by atoms with E-state index in [0.717, 1.165) is 17.3 Å². The van der Waals surface area contributed by atoms with Crippen molar-refractivity contribution < 1.29 is 5.11 Å². The van der Waals surface area contributed by atoms with Crippen LogP contribution < -0.4 is 0 Å². The number of aliphatic hydroxyl groups is 1. The average molecular weight is 243 g/mol. The summed E-state index contributed by atoms with van der Waals surface area (Å²) in [6.07, 6.45) is 1.94. The summed E-state index contributed by atoms with van der Waals surface area (Å²) >= 11 is 3.41. The largest absolute Gasteiger partial charge is 0.396 e. The van der Waals surface area contributed by atoms with Gasteiger partial charge in [0.15, 0.2) is 0 Å². The van der Waals surface area contributed by atoms with E-state index in [2.05, 4.69) is 47.1 Å². The Labute approximate surface area is 87.9 Å². The molecule has 1 aromatic carbocycles. The fourth-order valence-corrected chi connectivity index (χ4v) is 1.62. The van der Waals surface area contributed by atoms with Gasteiger partial charge in [-0.05, 0) is 36.5 Å². The Hall–Kier alpha value is -0.340. The Morgan fingerprint density at radius 3 is 2.46 bits per heavy atom. The van der Waals surface area contributed by atoms with Crippen LogP contribution in [0.3, 0.4) is 0 Å². The standard InChI is InChI=1S/C11H15BrO/c1-9(3-2-8-13)10-4-6-11(12)7-5-10/h4-7,9,13H,2-3,8H2,1H3/t9-/m0/s1. The number of hydrogen-bond donors (Lipinski definition) is 1. The van der Waals surface area contributed by atoms with Crippen molar-refractivity contribution in [1.29, 1.82) is 0 Å². The summed E-state index contributed by atoms with van der Waals surface area (Å²) in [5.74, 6) is 0.542. The van der Waals surface area contributed by atoms with Crippen LogP contribution in [0.4, 0.5) is 0 Å². The maximum absolute atomic E-state index is 8.70. The van der Waals surface area contributed by atoms with Gasteiger partial charge in [0.25, 0.3) is 0 Å². The van der Waals surface area contributed by atoms with E-state index < -0.39 is 0 Å². The third-order valence-electron chi connectivity index (χ3n) is 2.23. The SMILES string of the molecule is C[C@@H](CCCO)c1ccc(Br)cc1. The van der Waals surface area contributed by atoms with Crippen molar-refractivity contribution >= 4 is 15.9 Å². The first-order valence-corrected chi connectivity index (χ1v) is 5.39. The Balaban J connectivity index is 2.55. The second-order valence-corrected chi connectivity index (χ2v) is 4.23. The lowest BCUT2D eigenvalue weighted by Crippen LogP contribution is -1.94. The first kappa shape index (κ1) is 10.7. The highest BCUT2D eigenvalue weighted by Crippen LogP contribution is 2.22. The molecular formula is C11H15BrO. The molecule has 1 N–H and O–H groups in total. The Morgan fingerprint density at radius 1 is 1.31 bits per heavy atom. The molecule has 2 heteroatoms. The van der Waals surface area contributed by atoms with Crippen LogP contribution in [0.5, 0.6) is 0 Å². The van der Waals surface area contributed by atoms with Crippen molar-refractivity contribution in [1.82, 2.24) is 0 Å². The summed E-state index contributed by atoms with van der Waals surface area (Å²) < 4.78 is 1.12. The van der Waals surface area contributed by atoms with E-state index in [0.29, 0.717) is 12.5 Å². The molecule has 0 aliphatic carbocycles.